The first-order chi connectivity index (χ1) is 8.13. The molecular weight excluding hydrogens is 218 g/mol. The highest BCUT2D eigenvalue weighted by molar-refractivity contribution is 5.32. The molecule has 98 valence electrons. The maximum atomic E-state index is 5.62. The van der Waals surface area contributed by atoms with Crippen molar-refractivity contribution in [2.24, 2.45) is 0 Å². The maximum Gasteiger partial charge on any atom is 0.0947 e. The molecule has 0 unspecified atom stereocenters. The van der Waals surface area contributed by atoms with E-state index in [-0.39, 0.29) is 17.0 Å². The minimum atomic E-state index is -0.0287. The molecule has 1 nitrogen and oxygen atoms in total. The molecule has 1 aromatic rings. The fraction of sp³-hybridized carbons (Fsp3) is 0.529. The molecule has 1 N–H and O–H groups in total. The Hall–Kier alpha value is -1.26. The molecule has 0 aliphatic carbocycles. The van der Waals surface area contributed by atoms with Gasteiger partial charge in [-0.25, -0.2) is 0 Å². The fourth-order valence-corrected chi connectivity index (χ4v) is 1.83. The molecule has 0 saturated heterocycles. The summed E-state index contributed by atoms with van der Waals surface area (Å²) in [6, 6.07) is 8.57. The lowest BCUT2D eigenvalue weighted by Gasteiger charge is -2.26. The number of benzene rings is 1. The summed E-state index contributed by atoms with van der Waals surface area (Å²) in [6.07, 6.45) is 5.62. The van der Waals surface area contributed by atoms with Crippen LogP contribution < -0.4 is 5.32 Å². The van der Waals surface area contributed by atoms with Crippen LogP contribution in [0.1, 0.15) is 58.7 Å². The second-order valence-corrected chi connectivity index (χ2v) is 6.87. The van der Waals surface area contributed by atoms with Crippen molar-refractivity contribution in [1.82, 2.24) is 5.32 Å². The molecule has 0 aliphatic heterocycles. The molecule has 0 amide bonds. The summed E-state index contributed by atoms with van der Waals surface area (Å²) < 4.78 is 0. The van der Waals surface area contributed by atoms with Crippen molar-refractivity contribution >= 4 is 0 Å². The van der Waals surface area contributed by atoms with Gasteiger partial charge in [0.1, 0.15) is 0 Å². The summed E-state index contributed by atoms with van der Waals surface area (Å²) in [6.45, 7) is 13.0. The predicted molar refractivity (Wildman–Crippen MR) is 79.6 cm³/mol. The Balaban J connectivity index is 2.94. The number of rotatable bonds is 2. The minimum absolute atomic E-state index is 0.0136. The topological polar surface area (TPSA) is 12.0 Å². The van der Waals surface area contributed by atoms with E-state index in [0.29, 0.717) is 0 Å². The molecule has 1 aromatic carbocycles. The molecule has 0 heterocycles. The largest absolute Gasteiger partial charge is 0.295 e. The first kappa shape index (κ1) is 14.8. The number of hydrogen-bond donors (Lipinski definition) is 1. The van der Waals surface area contributed by atoms with Gasteiger partial charge in [0.2, 0.25) is 0 Å². The Bertz CT molecular complexity index is 421. The zero-order valence-corrected chi connectivity index (χ0v) is 12.5. The van der Waals surface area contributed by atoms with Crippen molar-refractivity contribution < 1.29 is 0 Å². The second kappa shape index (κ2) is 5.16. The SMILES string of the molecule is C#C[C@H](NC(C)(C)C)c1ccc(C(C)(C)C)cc1. The average molecular weight is 243 g/mol. The van der Waals surface area contributed by atoms with Gasteiger partial charge in [-0.2, -0.15) is 0 Å². The third kappa shape index (κ3) is 4.20. The quantitative estimate of drug-likeness (QED) is 0.773. The van der Waals surface area contributed by atoms with Crippen LogP contribution in [0.2, 0.25) is 0 Å². The van der Waals surface area contributed by atoms with Gasteiger partial charge in [-0.15, -0.1) is 6.42 Å². The molecule has 0 aromatic heterocycles. The highest BCUT2D eigenvalue weighted by Gasteiger charge is 2.18. The van der Waals surface area contributed by atoms with Gasteiger partial charge in [-0.3, -0.25) is 5.32 Å². The van der Waals surface area contributed by atoms with Gasteiger partial charge in [-0.1, -0.05) is 51.0 Å². The van der Waals surface area contributed by atoms with Gasteiger partial charge >= 0.3 is 0 Å². The van der Waals surface area contributed by atoms with Crippen molar-refractivity contribution in [2.45, 2.75) is 58.5 Å². The highest BCUT2D eigenvalue weighted by atomic mass is 15.0. The summed E-state index contributed by atoms with van der Waals surface area (Å²) in [7, 11) is 0. The first-order valence-corrected chi connectivity index (χ1v) is 6.48. The standard InChI is InChI=1S/C17H25N/c1-8-15(18-17(5,6)7)13-9-11-14(12-10-13)16(2,3)4/h1,9-12,15,18H,2-7H3/t15-/m0/s1. The third-order valence-electron chi connectivity index (χ3n) is 2.85. The fourth-order valence-electron chi connectivity index (χ4n) is 1.83. The number of terminal acetylenes is 1. The second-order valence-electron chi connectivity index (χ2n) is 6.87. The van der Waals surface area contributed by atoms with Gasteiger partial charge < -0.3 is 0 Å². The molecule has 1 rings (SSSR count). The molecule has 0 aliphatic rings. The summed E-state index contributed by atoms with van der Waals surface area (Å²) >= 11 is 0. The van der Waals surface area contributed by atoms with Gasteiger partial charge in [0.15, 0.2) is 0 Å². The van der Waals surface area contributed by atoms with Gasteiger partial charge in [0.25, 0.3) is 0 Å². The first-order valence-electron chi connectivity index (χ1n) is 6.48. The van der Waals surface area contributed by atoms with Crippen molar-refractivity contribution in [3.8, 4) is 12.3 Å². The molecule has 1 heteroatoms. The summed E-state index contributed by atoms with van der Waals surface area (Å²) in [4.78, 5) is 0. The Morgan fingerprint density at radius 3 is 1.83 bits per heavy atom. The monoisotopic (exact) mass is 243 g/mol. The van der Waals surface area contributed by atoms with Crippen LogP contribution in [0.5, 0.6) is 0 Å². The lowest BCUT2D eigenvalue weighted by Crippen LogP contribution is -2.38. The molecule has 18 heavy (non-hydrogen) atoms. The molecule has 0 spiro atoms. The van der Waals surface area contributed by atoms with Crippen molar-refractivity contribution in [3.05, 3.63) is 35.4 Å². The Morgan fingerprint density at radius 1 is 1.00 bits per heavy atom. The lowest BCUT2D eigenvalue weighted by molar-refractivity contribution is 0.402. The van der Waals surface area contributed by atoms with Crippen LogP contribution in [0.15, 0.2) is 24.3 Å². The van der Waals surface area contributed by atoms with E-state index in [2.05, 4.69) is 77.0 Å². The predicted octanol–water partition coefficient (Wildman–Crippen LogP) is 4.05. The summed E-state index contributed by atoms with van der Waals surface area (Å²) in [5.41, 5.74) is 2.68. The summed E-state index contributed by atoms with van der Waals surface area (Å²) in [5, 5.41) is 3.44. The Morgan fingerprint density at radius 2 is 1.50 bits per heavy atom. The van der Waals surface area contributed by atoms with E-state index in [4.69, 9.17) is 6.42 Å². The summed E-state index contributed by atoms with van der Waals surface area (Å²) in [5.74, 6) is 2.82. The zero-order valence-electron chi connectivity index (χ0n) is 12.5. The Kier molecular flexibility index (Phi) is 4.24. The van der Waals surface area contributed by atoms with Crippen molar-refractivity contribution in [1.29, 1.82) is 0 Å². The van der Waals surface area contributed by atoms with Gasteiger partial charge in [-0.05, 0) is 37.3 Å². The number of hydrogen-bond acceptors (Lipinski definition) is 1. The molecule has 0 fully saturated rings. The van der Waals surface area contributed by atoms with Crippen LogP contribution in [0.25, 0.3) is 0 Å². The highest BCUT2D eigenvalue weighted by Crippen LogP contribution is 2.24. The van der Waals surface area contributed by atoms with Crippen LogP contribution in [0, 0.1) is 12.3 Å². The lowest BCUT2D eigenvalue weighted by atomic mass is 9.86. The normalized spacial score (nSPS) is 14.1. The Labute approximate surface area is 112 Å². The molecule has 0 radical (unpaired) electrons. The van der Waals surface area contributed by atoms with Gasteiger partial charge in [0.05, 0.1) is 6.04 Å². The van der Waals surface area contributed by atoms with Crippen LogP contribution >= 0.6 is 0 Å². The van der Waals surface area contributed by atoms with Crippen LogP contribution in [-0.2, 0) is 5.41 Å². The van der Waals surface area contributed by atoms with E-state index in [1.165, 1.54) is 5.56 Å². The van der Waals surface area contributed by atoms with E-state index in [1.807, 2.05) is 0 Å². The van der Waals surface area contributed by atoms with Crippen molar-refractivity contribution in [3.63, 3.8) is 0 Å². The third-order valence-corrected chi connectivity index (χ3v) is 2.85. The van der Waals surface area contributed by atoms with E-state index in [1.54, 1.807) is 0 Å². The average Bonchev–Trinajstić information content (AvgIpc) is 2.24. The van der Waals surface area contributed by atoms with E-state index < -0.39 is 0 Å². The van der Waals surface area contributed by atoms with Gasteiger partial charge in [0, 0.05) is 5.54 Å². The molecule has 1 atom stereocenters. The van der Waals surface area contributed by atoms with Crippen LogP contribution in [0.4, 0.5) is 0 Å². The van der Waals surface area contributed by atoms with E-state index in [9.17, 15) is 0 Å². The van der Waals surface area contributed by atoms with Crippen LogP contribution in [0.3, 0.4) is 0 Å². The van der Waals surface area contributed by atoms with E-state index in [0.717, 1.165) is 5.56 Å². The molecule has 0 saturated carbocycles. The smallest absolute Gasteiger partial charge is 0.0947 e. The maximum absolute atomic E-state index is 5.62. The van der Waals surface area contributed by atoms with Crippen LogP contribution in [-0.4, -0.2) is 5.54 Å². The molecular formula is C17H25N. The molecule has 0 bridgehead atoms. The van der Waals surface area contributed by atoms with Crippen molar-refractivity contribution in [2.75, 3.05) is 0 Å². The minimum Gasteiger partial charge on any atom is -0.295 e. The zero-order chi connectivity index (χ0) is 14.0. The van der Waals surface area contributed by atoms with E-state index >= 15 is 0 Å². The number of nitrogens with one attached hydrogen (secondary N) is 1.